The van der Waals surface area contributed by atoms with Gasteiger partial charge in [0.25, 0.3) is 10.0 Å². The normalized spacial score (nSPS) is 13.8. The number of aliphatic carboxylic acids is 1. The average molecular weight is 389 g/mol. The van der Waals surface area contributed by atoms with Crippen molar-refractivity contribution in [1.29, 1.82) is 0 Å². The van der Waals surface area contributed by atoms with Gasteiger partial charge < -0.3 is 5.11 Å². The Bertz CT molecular complexity index is 1190. The van der Waals surface area contributed by atoms with Gasteiger partial charge >= 0.3 is 5.97 Å². The first kappa shape index (κ1) is 18.1. The first-order valence-corrected chi connectivity index (χ1v) is 10.7. The van der Waals surface area contributed by atoms with Gasteiger partial charge in [-0.25, -0.2) is 4.21 Å². The minimum absolute atomic E-state index is 0.0613. The molecular formula is C18H15NO5S2. The first-order valence-electron chi connectivity index (χ1n) is 7.58. The Morgan fingerprint density at radius 2 is 1.46 bits per heavy atom. The second kappa shape index (κ2) is 6.89. The van der Waals surface area contributed by atoms with Crippen LogP contribution in [0, 0.1) is 0 Å². The van der Waals surface area contributed by atoms with Crippen molar-refractivity contribution in [3.63, 3.8) is 0 Å². The van der Waals surface area contributed by atoms with Gasteiger partial charge in [-0.3, -0.25) is 4.79 Å². The highest BCUT2D eigenvalue weighted by Crippen LogP contribution is 2.26. The van der Waals surface area contributed by atoms with Gasteiger partial charge in [-0.05, 0) is 23.6 Å². The maximum absolute atomic E-state index is 13.2. The predicted molar refractivity (Wildman–Crippen MR) is 98.9 cm³/mol. The van der Waals surface area contributed by atoms with E-state index in [1.54, 1.807) is 54.6 Å². The molecule has 26 heavy (non-hydrogen) atoms. The molecule has 0 bridgehead atoms. The molecule has 8 heteroatoms. The minimum Gasteiger partial charge on any atom is -0.481 e. The fraction of sp³-hybridized carbons (Fsp3) is 0.0556. The second-order valence-electron chi connectivity index (χ2n) is 5.52. The number of hydrogen-bond acceptors (Lipinski definition) is 4. The molecule has 0 amide bonds. The van der Waals surface area contributed by atoms with Crippen molar-refractivity contribution in [2.75, 3.05) is 5.75 Å². The lowest BCUT2D eigenvalue weighted by Gasteiger charge is -2.10. The highest BCUT2D eigenvalue weighted by Gasteiger charge is 2.24. The Kier molecular flexibility index (Phi) is 4.80. The molecule has 0 aliphatic rings. The van der Waals surface area contributed by atoms with Gasteiger partial charge in [0.05, 0.1) is 4.90 Å². The van der Waals surface area contributed by atoms with Crippen LogP contribution in [-0.2, 0) is 24.5 Å². The van der Waals surface area contributed by atoms with Crippen molar-refractivity contribution in [1.82, 2.24) is 0 Å². The third kappa shape index (κ3) is 3.61. The number of carboxylic acids is 1. The molecule has 0 aliphatic heterocycles. The van der Waals surface area contributed by atoms with E-state index in [9.17, 15) is 17.4 Å². The lowest BCUT2D eigenvalue weighted by Crippen LogP contribution is -2.17. The lowest BCUT2D eigenvalue weighted by molar-refractivity contribution is -0.134. The second-order valence-corrected chi connectivity index (χ2v) is 9.55. The molecule has 3 aromatic rings. The summed E-state index contributed by atoms with van der Waals surface area (Å²) in [6, 6.07) is 19.1. The smallest absolute Gasteiger partial charge is 0.317 e. The zero-order valence-electron chi connectivity index (χ0n) is 13.5. The lowest BCUT2D eigenvalue weighted by atomic mass is 10.1. The third-order valence-corrected chi connectivity index (χ3v) is 7.98. The number of nitrogens with zero attached hydrogens (tertiary/aromatic N) is 1. The van der Waals surface area contributed by atoms with E-state index >= 15 is 0 Å². The summed E-state index contributed by atoms with van der Waals surface area (Å²) >= 11 is 0. The minimum atomic E-state index is -4.35. The van der Waals surface area contributed by atoms with E-state index in [-0.39, 0.29) is 9.79 Å². The Morgan fingerprint density at radius 3 is 2.15 bits per heavy atom. The number of rotatable bonds is 5. The first-order chi connectivity index (χ1) is 12.3. The summed E-state index contributed by atoms with van der Waals surface area (Å²) < 4.78 is 42.5. The molecule has 0 aromatic heterocycles. The quantitative estimate of drug-likeness (QED) is 0.722. The van der Waals surface area contributed by atoms with Gasteiger partial charge in [-0.2, -0.15) is 8.42 Å². The summed E-state index contributed by atoms with van der Waals surface area (Å²) in [6.07, 6.45) is 0. The van der Waals surface area contributed by atoms with E-state index in [4.69, 9.17) is 5.11 Å². The Hall–Kier alpha value is -2.71. The maximum Gasteiger partial charge on any atom is 0.317 e. The van der Waals surface area contributed by atoms with Crippen molar-refractivity contribution >= 4 is 36.5 Å². The van der Waals surface area contributed by atoms with Crippen LogP contribution >= 0.6 is 0 Å². The van der Waals surface area contributed by atoms with Crippen molar-refractivity contribution in [3.05, 3.63) is 72.8 Å². The number of fused-ring (bicyclic) bond motifs is 1. The molecule has 0 saturated carbocycles. The van der Waals surface area contributed by atoms with Crippen molar-refractivity contribution in [2.24, 2.45) is 3.77 Å². The van der Waals surface area contributed by atoms with E-state index in [1.807, 2.05) is 0 Å². The Balaban J connectivity index is 2.27. The fourth-order valence-corrected chi connectivity index (χ4v) is 6.52. The van der Waals surface area contributed by atoms with Crippen LogP contribution in [0.5, 0.6) is 0 Å². The Labute approximate surface area is 151 Å². The molecule has 1 atom stereocenters. The molecule has 0 radical (unpaired) electrons. The maximum atomic E-state index is 13.2. The molecule has 0 aliphatic carbocycles. The largest absolute Gasteiger partial charge is 0.481 e. The van der Waals surface area contributed by atoms with Crippen LogP contribution < -0.4 is 0 Å². The molecular weight excluding hydrogens is 374 g/mol. The van der Waals surface area contributed by atoms with Gasteiger partial charge in [0.1, 0.15) is 15.5 Å². The van der Waals surface area contributed by atoms with Crippen molar-refractivity contribution in [2.45, 2.75) is 9.79 Å². The fourth-order valence-electron chi connectivity index (χ4n) is 2.57. The zero-order valence-corrected chi connectivity index (χ0v) is 15.1. The summed E-state index contributed by atoms with van der Waals surface area (Å²) in [7, 11) is -8.06. The van der Waals surface area contributed by atoms with Gasteiger partial charge in [-0.1, -0.05) is 54.6 Å². The molecule has 0 saturated heterocycles. The predicted octanol–water partition coefficient (Wildman–Crippen LogP) is 3.14. The van der Waals surface area contributed by atoms with E-state index in [2.05, 4.69) is 3.77 Å². The Morgan fingerprint density at radius 1 is 0.846 bits per heavy atom. The van der Waals surface area contributed by atoms with Crippen LogP contribution in [0.1, 0.15) is 0 Å². The summed E-state index contributed by atoms with van der Waals surface area (Å²) in [4.78, 5) is 11.1. The molecule has 1 N–H and O–H groups in total. The number of hydrogen-bond donors (Lipinski definition) is 1. The standard InChI is InChI=1S/C18H15NO5S2/c20-18(21)13-25(22,15-9-2-1-3-10-15)19-26(23,24)17-12-6-8-14-7-4-5-11-16(14)17/h1-12H,13H2,(H,20,21). The molecule has 3 rings (SSSR count). The van der Waals surface area contributed by atoms with Crippen LogP contribution in [0.25, 0.3) is 10.8 Å². The molecule has 0 heterocycles. The molecule has 0 fully saturated rings. The van der Waals surface area contributed by atoms with E-state index in [1.165, 1.54) is 18.2 Å². The van der Waals surface area contributed by atoms with Crippen LogP contribution in [0.15, 0.2) is 86.4 Å². The van der Waals surface area contributed by atoms with Crippen LogP contribution in [-0.4, -0.2) is 29.5 Å². The van der Waals surface area contributed by atoms with E-state index in [0.29, 0.717) is 10.8 Å². The number of carbonyl (C=O) groups is 1. The highest BCUT2D eigenvalue weighted by molar-refractivity contribution is 8.03. The molecule has 6 nitrogen and oxygen atoms in total. The molecule has 3 aromatic carbocycles. The van der Waals surface area contributed by atoms with Crippen molar-refractivity contribution < 1.29 is 22.5 Å². The molecule has 1 unspecified atom stereocenters. The third-order valence-electron chi connectivity index (χ3n) is 3.68. The van der Waals surface area contributed by atoms with Gasteiger partial charge in [0.2, 0.25) is 0 Å². The van der Waals surface area contributed by atoms with Gasteiger partial charge in [0.15, 0.2) is 0 Å². The molecule has 134 valence electrons. The summed E-state index contributed by atoms with van der Waals surface area (Å²) in [5.41, 5.74) is 0. The van der Waals surface area contributed by atoms with Crippen LogP contribution in [0.4, 0.5) is 0 Å². The van der Waals surface area contributed by atoms with E-state index < -0.39 is 31.5 Å². The topological polar surface area (TPSA) is 101 Å². The van der Waals surface area contributed by atoms with Crippen molar-refractivity contribution in [3.8, 4) is 0 Å². The van der Waals surface area contributed by atoms with E-state index in [0.717, 1.165) is 0 Å². The summed E-state index contributed by atoms with van der Waals surface area (Å²) in [5, 5.41) is 10.2. The average Bonchev–Trinajstić information content (AvgIpc) is 2.61. The summed E-state index contributed by atoms with van der Waals surface area (Å²) in [5.74, 6) is -2.29. The summed E-state index contributed by atoms with van der Waals surface area (Å²) in [6.45, 7) is 0. The molecule has 0 spiro atoms. The SMILES string of the molecule is O=C(O)CS(=O)(=NS(=O)(=O)c1cccc2ccccc12)c1ccccc1. The van der Waals surface area contributed by atoms with Gasteiger partial charge in [-0.15, -0.1) is 3.77 Å². The number of benzene rings is 3. The zero-order chi connectivity index (χ0) is 18.8. The van der Waals surface area contributed by atoms with Crippen LogP contribution in [0.3, 0.4) is 0 Å². The highest BCUT2D eigenvalue weighted by atomic mass is 32.3. The van der Waals surface area contributed by atoms with Gasteiger partial charge in [0, 0.05) is 10.3 Å². The number of sulfonamides is 1. The van der Waals surface area contributed by atoms with Crippen LogP contribution in [0.2, 0.25) is 0 Å². The monoisotopic (exact) mass is 389 g/mol. The number of carboxylic acid groups (broad SMARTS) is 1.